The number of likely N-dealkylation sites (tertiary alicyclic amines) is 1. The Morgan fingerprint density at radius 1 is 1.32 bits per heavy atom. The maximum absolute atomic E-state index is 11.7. The minimum absolute atomic E-state index is 0.0490. The fourth-order valence-corrected chi connectivity index (χ4v) is 4.12. The summed E-state index contributed by atoms with van der Waals surface area (Å²) in [5.41, 5.74) is -0.0490. The second kappa shape index (κ2) is 6.36. The van der Waals surface area contributed by atoms with Gasteiger partial charge in [-0.15, -0.1) is 0 Å². The Morgan fingerprint density at radius 3 is 2.74 bits per heavy atom. The van der Waals surface area contributed by atoms with E-state index in [9.17, 15) is 4.79 Å². The van der Waals surface area contributed by atoms with Crippen LogP contribution in [0.3, 0.4) is 0 Å². The molecule has 1 aliphatic heterocycles. The topological polar surface area (TPSA) is 23.6 Å². The molecule has 0 radical (unpaired) electrons. The van der Waals surface area contributed by atoms with E-state index in [1.54, 1.807) is 0 Å². The zero-order valence-electron chi connectivity index (χ0n) is 12.9. The molecule has 0 N–H and O–H groups in total. The largest absolute Gasteiger partial charge is 0.308 e. The van der Waals surface area contributed by atoms with Gasteiger partial charge >= 0.3 is 0 Å². The van der Waals surface area contributed by atoms with Gasteiger partial charge in [-0.2, -0.15) is 0 Å². The van der Waals surface area contributed by atoms with E-state index in [4.69, 9.17) is 0 Å². The van der Waals surface area contributed by atoms with Crippen LogP contribution in [0.4, 0.5) is 0 Å². The second-order valence-electron chi connectivity index (χ2n) is 7.21. The summed E-state index contributed by atoms with van der Waals surface area (Å²) >= 11 is 0. The first-order valence-electron chi connectivity index (χ1n) is 7.90. The second-order valence-corrected chi connectivity index (χ2v) is 7.21. The predicted molar refractivity (Wildman–Crippen MR) is 79.3 cm³/mol. The summed E-state index contributed by atoms with van der Waals surface area (Å²) in [6.45, 7) is 5.62. The van der Waals surface area contributed by atoms with Gasteiger partial charge in [0.1, 0.15) is 6.29 Å². The number of hydrogen-bond acceptors (Lipinski definition) is 3. The lowest BCUT2D eigenvalue weighted by Crippen LogP contribution is -2.46. The summed E-state index contributed by atoms with van der Waals surface area (Å²) in [7, 11) is 4.29. The van der Waals surface area contributed by atoms with E-state index < -0.39 is 0 Å². The SMILES string of the molecule is CC1CCCC(C=O)(CN2CCCC2CN(C)C)C1. The van der Waals surface area contributed by atoms with Gasteiger partial charge in [0.15, 0.2) is 0 Å². The van der Waals surface area contributed by atoms with Crippen LogP contribution in [0.1, 0.15) is 45.4 Å². The van der Waals surface area contributed by atoms with Crippen LogP contribution in [-0.2, 0) is 4.79 Å². The minimum atomic E-state index is -0.0490. The molecule has 1 heterocycles. The fourth-order valence-electron chi connectivity index (χ4n) is 4.12. The molecule has 2 fully saturated rings. The molecule has 0 amide bonds. The predicted octanol–water partition coefficient (Wildman–Crippen LogP) is 2.41. The maximum atomic E-state index is 11.7. The normalized spacial score (nSPS) is 36.8. The van der Waals surface area contributed by atoms with Gasteiger partial charge < -0.3 is 9.69 Å². The molecule has 2 rings (SSSR count). The monoisotopic (exact) mass is 266 g/mol. The molecule has 2 aliphatic rings. The third-order valence-electron chi connectivity index (χ3n) is 4.97. The van der Waals surface area contributed by atoms with Crippen molar-refractivity contribution in [2.24, 2.45) is 11.3 Å². The summed E-state index contributed by atoms with van der Waals surface area (Å²) in [5, 5.41) is 0. The third kappa shape index (κ3) is 3.79. The van der Waals surface area contributed by atoms with E-state index >= 15 is 0 Å². The molecule has 19 heavy (non-hydrogen) atoms. The smallest absolute Gasteiger partial charge is 0.127 e. The zero-order valence-corrected chi connectivity index (χ0v) is 12.9. The average molecular weight is 266 g/mol. The first kappa shape index (κ1) is 15.0. The highest BCUT2D eigenvalue weighted by Gasteiger charge is 2.39. The minimum Gasteiger partial charge on any atom is -0.308 e. The standard InChI is InChI=1S/C16H30N2O/c1-14-6-4-8-16(10-14,13-19)12-18-9-5-7-15(18)11-17(2)3/h13-15H,4-12H2,1-3H3. The van der Waals surface area contributed by atoms with Gasteiger partial charge in [0.05, 0.1) is 0 Å². The molecule has 0 aromatic rings. The Morgan fingerprint density at radius 2 is 2.11 bits per heavy atom. The van der Waals surface area contributed by atoms with Crippen molar-refractivity contribution in [3.05, 3.63) is 0 Å². The molecular weight excluding hydrogens is 236 g/mol. The molecule has 110 valence electrons. The van der Waals surface area contributed by atoms with Crippen molar-refractivity contribution in [2.45, 2.75) is 51.5 Å². The third-order valence-corrected chi connectivity index (χ3v) is 4.97. The molecular formula is C16H30N2O. The highest BCUT2D eigenvalue weighted by atomic mass is 16.1. The molecule has 0 aromatic carbocycles. The Balaban J connectivity index is 1.98. The molecule has 3 unspecified atom stereocenters. The summed E-state index contributed by atoms with van der Waals surface area (Å²) in [4.78, 5) is 16.6. The lowest BCUT2D eigenvalue weighted by molar-refractivity contribution is -0.120. The zero-order chi connectivity index (χ0) is 13.9. The van der Waals surface area contributed by atoms with Crippen molar-refractivity contribution in [2.75, 3.05) is 33.7 Å². The van der Waals surface area contributed by atoms with Crippen LogP contribution in [0, 0.1) is 11.3 Å². The number of carbonyl (C=O) groups is 1. The number of rotatable bonds is 5. The Hall–Kier alpha value is -0.410. The van der Waals surface area contributed by atoms with E-state index in [-0.39, 0.29) is 5.41 Å². The molecule has 1 aliphatic carbocycles. The first-order valence-corrected chi connectivity index (χ1v) is 7.90. The van der Waals surface area contributed by atoms with Crippen LogP contribution in [0.5, 0.6) is 0 Å². The molecule has 0 spiro atoms. The molecule has 3 atom stereocenters. The van der Waals surface area contributed by atoms with Crippen LogP contribution in [0.15, 0.2) is 0 Å². The summed E-state index contributed by atoms with van der Waals surface area (Å²) in [6.07, 6.45) is 8.61. The van der Waals surface area contributed by atoms with Crippen LogP contribution < -0.4 is 0 Å². The first-order chi connectivity index (χ1) is 9.04. The van der Waals surface area contributed by atoms with E-state index in [2.05, 4.69) is 30.8 Å². The van der Waals surface area contributed by atoms with Crippen LogP contribution >= 0.6 is 0 Å². The van der Waals surface area contributed by atoms with Gasteiger partial charge in [-0.25, -0.2) is 0 Å². The number of aldehydes is 1. The Bertz CT molecular complexity index is 305. The van der Waals surface area contributed by atoms with Gasteiger partial charge in [-0.1, -0.05) is 19.8 Å². The van der Waals surface area contributed by atoms with Gasteiger partial charge in [0, 0.05) is 24.5 Å². The molecule has 0 bridgehead atoms. The van der Waals surface area contributed by atoms with Crippen molar-refractivity contribution in [3.63, 3.8) is 0 Å². The van der Waals surface area contributed by atoms with Crippen molar-refractivity contribution in [1.82, 2.24) is 9.80 Å². The van der Waals surface area contributed by atoms with Crippen molar-refractivity contribution in [3.8, 4) is 0 Å². The van der Waals surface area contributed by atoms with Crippen molar-refractivity contribution < 1.29 is 4.79 Å². The lowest BCUT2D eigenvalue weighted by Gasteiger charge is -2.40. The molecule has 1 saturated heterocycles. The number of likely N-dealkylation sites (N-methyl/N-ethyl adjacent to an activating group) is 1. The maximum Gasteiger partial charge on any atom is 0.127 e. The van der Waals surface area contributed by atoms with Crippen molar-refractivity contribution >= 4 is 6.29 Å². The lowest BCUT2D eigenvalue weighted by atomic mass is 9.70. The van der Waals surface area contributed by atoms with Gasteiger partial charge in [-0.3, -0.25) is 4.90 Å². The molecule has 0 aromatic heterocycles. The highest BCUT2D eigenvalue weighted by Crippen LogP contribution is 2.39. The van der Waals surface area contributed by atoms with Gasteiger partial charge in [0.2, 0.25) is 0 Å². The highest BCUT2D eigenvalue weighted by molar-refractivity contribution is 5.60. The molecule has 1 saturated carbocycles. The number of hydrogen-bond donors (Lipinski definition) is 0. The molecule has 3 nitrogen and oxygen atoms in total. The van der Waals surface area contributed by atoms with Crippen LogP contribution in [-0.4, -0.2) is 55.9 Å². The summed E-state index contributed by atoms with van der Waals surface area (Å²) < 4.78 is 0. The average Bonchev–Trinajstić information content (AvgIpc) is 2.75. The van der Waals surface area contributed by atoms with Gasteiger partial charge in [-0.05, 0) is 52.2 Å². The van der Waals surface area contributed by atoms with E-state index in [0.29, 0.717) is 12.0 Å². The Labute approximate surface area is 118 Å². The van der Waals surface area contributed by atoms with E-state index in [1.165, 1.54) is 38.5 Å². The fraction of sp³-hybridized carbons (Fsp3) is 0.938. The summed E-state index contributed by atoms with van der Waals surface area (Å²) in [5.74, 6) is 0.717. The van der Waals surface area contributed by atoms with Crippen LogP contribution in [0.2, 0.25) is 0 Å². The van der Waals surface area contributed by atoms with Crippen molar-refractivity contribution in [1.29, 1.82) is 0 Å². The molecule has 3 heteroatoms. The quantitative estimate of drug-likeness (QED) is 0.714. The van der Waals surface area contributed by atoms with Crippen LogP contribution in [0.25, 0.3) is 0 Å². The van der Waals surface area contributed by atoms with E-state index in [1.807, 2.05) is 0 Å². The number of carbonyl (C=O) groups excluding carboxylic acids is 1. The number of nitrogens with zero attached hydrogens (tertiary/aromatic N) is 2. The summed E-state index contributed by atoms with van der Waals surface area (Å²) in [6, 6.07) is 0.657. The van der Waals surface area contributed by atoms with Gasteiger partial charge in [0.25, 0.3) is 0 Å². The van der Waals surface area contributed by atoms with E-state index in [0.717, 1.165) is 25.9 Å². The Kier molecular flexibility index (Phi) is 5.02.